The Hall–Kier alpha value is -1.25. The van der Waals surface area contributed by atoms with E-state index in [9.17, 15) is 0 Å². The lowest BCUT2D eigenvalue weighted by molar-refractivity contribution is 0.439. The van der Waals surface area contributed by atoms with Gasteiger partial charge in [0, 0.05) is 10.6 Å². The minimum atomic E-state index is 0.231. The second kappa shape index (κ2) is 6.27. The number of benzene rings is 1. The number of aryl methyl sites for hydroxylation is 1. The molecule has 1 aromatic heterocycles. The van der Waals surface area contributed by atoms with Crippen molar-refractivity contribution >= 4 is 11.6 Å². The molecule has 0 bridgehead atoms. The van der Waals surface area contributed by atoms with Gasteiger partial charge in [0.1, 0.15) is 11.5 Å². The third-order valence-corrected chi connectivity index (χ3v) is 3.62. The highest BCUT2D eigenvalue weighted by Crippen LogP contribution is 2.28. The molecule has 3 heteroatoms. The Morgan fingerprint density at radius 2 is 2.05 bits per heavy atom. The number of rotatable bonds is 5. The van der Waals surface area contributed by atoms with Gasteiger partial charge in [0.2, 0.25) is 0 Å². The highest BCUT2D eigenvalue weighted by atomic mass is 35.5. The number of halogens is 1. The van der Waals surface area contributed by atoms with Gasteiger partial charge in [-0.05, 0) is 50.6 Å². The first kappa shape index (κ1) is 14.2. The van der Waals surface area contributed by atoms with Crippen molar-refractivity contribution in [3.63, 3.8) is 0 Å². The third-order valence-electron chi connectivity index (χ3n) is 3.21. The fraction of sp³-hybridized carbons (Fsp3) is 0.375. The van der Waals surface area contributed by atoms with Crippen LogP contribution in [0.15, 0.2) is 34.7 Å². The molecule has 0 radical (unpaired) electrons. The van der Waals surface area contributed by atoms with E-state index in [0.717, 1.165) is 40.6 Å². The summed E-state index contributed by atoms with van der Waals surface area (Å²) in [5, 5.41) is 4.18. The van der Waals surface area contributed by atoms with Crippen molar-refractivity contribution in [1.82, 2.24) is 5.32 Å². The molecule has 102 valence electrons. The van der Waals surface area contributed by atoms with Crippen molar-refractivity contribution in [2.24, 2.45) is 0 Å². The first-order chi connectivity index (χ1) is 9.11. The van der Waals surface area contributed by atoms with Crippen LogP contribution in [-0.2, 0) is 0 Å². The molecule has 1 aromatic carbocycles. The Morgan fingerprint density at radius 1 is 1.26 bits per heavy atom. The van der Waals surface area contributed by atoms with Crippen LogP contribution in [0.4, 0.5) is 0 Å². The van der Waals surface area contributed by atoms with E-state index in [1.54, 1.807) is 0 Å². The average molecular weight is 278 g/mol. The van der Waals surface area contributed by atoms with Crippen LogP contribution >= 0.6 is 11.6 Å². The molecule has 1 heterocycles. The van der Waals surface area contributed by atoms with Crippen LogP contribution in [0.25, 0.3) is 11.3 Å². The number of nitrogens with one attached hydrogen (secondary N) is 1. The Morgan fingerprint density at radius 3 is 2.74 bits per heavy atom. The van der Waals surface area contributed by atoms with Crippen LogP contribution < -0.4 is 5.32 Å². The molecule has 0 aliphatic rings. The van der Waals surface area contributed by atoms with E-state index in [2.05, 4.69) is 19.2 Å². The molecule has 0 spiro atoms. The molecule has 0 aliphatic carbocycles. The van der Waals surface area contributed by atoms with Gasteiger partial charge >= 0.3 is 0 Å². The zero-order chi connectivity index (χ0) is 13.8. The van der Waals surface area contributed by atoms with Crippen LogP contribution in [0, 0.1) is 6.92 Å². The first-order valence-corrected chi connectivity index (χ1v) is 7.09. The Labute approximate surface area is 119 Å². The molecular weight excluding hydrogens is 258 g/mol. The topological polar surface area (TPSA) is 25.2 Å². The summed E-state index contributed by atoms with van der Waals surface area (Å²) in [5.74, 6) is 1.82. The maximum atomic E-state index is 6.15. The van der Waals surface area contributed by atoms with Gasteiger partial charge in [-0.25, -0.2) is 0 Å². The maximum absolute atomic E-state index is 6.15. The molecule has 0 saturated heterocycles. The monoisotopic (exact) mass is 277 g/mol. The number of furan rings is 1. The Balaban J connectivity index is 2.18. The third kappa shape index (κ3) is 3.40. The van der Waals surface area contributed by atoms with E-state index >= 15 is 0 Å². The van der Waals surface area contributed by atoms with E-state index in [1.807, 2.05) is 37.3 Å². The van der Waals surface area contributed by atoms with Crippen LogP contribution in [-0.4, -0.2) is 6.54 Å². The molecule has 1 atom stereocenters. The summed E-state index contributed by atoms with van der Waals surface area (Å²) in [7, 11) is 0. The largest absolute Gasteiger partial charge is 0.459 e. The average Bonchev–Trinajstić information content (AvgIpc) is 2.89. The number of hydrogen-bond donors (Lipinski definition) is 1. The van der Waals surface area contributed by atoms with E-state index in [-0.39, 0.29) is 6.04 Å². The predicted molar refractivity (Wildman–Crippen MR) is 80.6 cm³/mol. The van der Waals surface area contributed by atoms with Gasteiger partial charge in [0.05, 0.1) is 6.04 Å². The van der Waals surface area contributed by atoms with Crippen LogP contribution in [0.2, 0.25) is 5.02 Å². The summed E-state index contributed by atoms with van der Waals surface area (Å²) in [6, 6.07) is 10.3. The summed E-state index contributed by atoms with van der Waals surface area (Å²) >= 11 is 6.15. The predicted octanol–water partition coefficient (Wildman–Crippen LogP) is 4.97. The highest BCUT2D eigenvalue weighted by Gasteiger charge is 2.11. The van der Waals surface area contributed by atoms with E-state index in [4.69, 9.17) is 16.0 Å². The first-order valence-electron chi connectivity index (χ1n) is 6.71. The van der Waals surface area contributed by atoms with Gasteiger partial charge in [0.15, 0.2) is 0 Å². The highest BCUT2D eigenvalue weighted by molar-refractivity contribution is 6.31. The quantitative estimate of drug-likeness (QED) is 0.835. The van der Waals surface area contributed by atoms with Crippen molar-refractivity contribution in [2.75, 3.05) is 6.54 Å². The van der Waals surface area contributed by atoms with E-state index in [1.165, 1.54) is 0 Å². The van der Waals surface area contributed by atoms with Crippen molar-refractivity contribution < 1.29 is 4.42 Å². The lowest BCUT2D eigenvalue weighted by Crippen LogP contribution is -2.18. The summed E-state index contributed by atoms with van der Waals surface area (Å²) in [5.41, 5.74) is 2.10. The van der Waals surface area contributed by atoms with Crippen LogP contribution in [0.3, 0.4) is 0 Å². The zero-order valence-electron chi connectivity index (χ0n) is 11.7. The van der Waals surface area contributed by atoms with E-state index < -0.39 is 0 Å². The summed E-state index contributed by atoms with van der Waals surface area (Å²) in [4.78, 5) is 0. The zero-order valence-corrected chi connectivity index (χ0v) is 12.4. The SMILES string of the molecule is CCCNC(C)c1ccc(-c2ccc(C)c(Cl)c2)o1. The molecule has 0 aliphatic heterocycles. The fourth-order valence-electron chi connectivity index (χ4n) is 1.95. The number of hydrogen-bond acceptors (Lipinski definition) is 2. The molecule has 2 rings (SSSR count). The van der Waals surface area contributed by atoms with Gasteiger partial charge in [-0.15, -0.1) is 0 Å². The van der Waals surface area contributed by atoms with Gasteiger partial charge in [-0.3, -0.25) is 0 Å². The van der Waals surface area contributed by atoms with Gasteiger partial charge in [0.25, 0.3) is 0 Å². The summed E-state index contributed by atoms with van der Waals surface area (Å²) in [6.07, 6.45) is 1.12. The smallest absolute Gasteiger partial charge is 0.134 e. The molecule has 0 saturated carbocycles. The van der Waals surface area contributed by atoms with Crippen molar-refractivity contribution in [1.29, 1.82) is 0 Å². The molecule has 19 heavy (non-hydrogen) atoms. The van der Waals surface area contributed by atoms with Crippen molar-refractivity contribution in [2.45, 2.75) is 33.2 Å². The second-order valence-corrected chi connectivity index (χ2v) is 5.25. The molecule has 0 amide bonds. The fourth-order valence-corrected chi connectivity index (χ4v) is 2.13. The van der Waals surface area contributed by atoms with Crippen LogP contribution in [0.1, 0.15) is 37.6 Å². The minimum absolute atomic E-state index is 0.231. The normalized spacial score (nSPS) is 12.6. The molecule has 1 unspecified atom stereocenters. The van der Waals surface area contributed by atoms with Crippen LogP contribution in [0.5, 0.6) is 0 Å². The Bertz CT molecular complexity index is 547. The van der Waals surface area contributed by atoms with Gasteiger partial charge in [-0.2, -0.15) is 0 Å². The molecule has 2 nitrogen and oxygen atoms in total. The molecule has 0 fully saturated rings. The lowest BCUT2D eigenvalue weighted by Gasteiger charge is -2.09. The van der Waals surface area contributed by atoms with Gasteiger partial charge < -0.3 is 9.73 Å². The molecular formula is C16H20ClNO. The Kier molecular flexibility index (Phi) is 4.67. The summed E-state index contributed by atoms with van der Waals surface area (Å²) in [6.45, 7) is 7.26. The van der Waals surface area contributed by atoms with Crippen molar-refractivity contribution in [3.05, 3.63) is 46.7 Å². The minimum Gasteiger partial charge on any atom is -0.459 e. The lowest BCUT2D eigenvalue weighted by atomic mass is 10.1. The molecule has 1 N–H and O–H groups in total. The second-order valence-electron chi connectivity index (χ2n) is 4.84. The van der Waals surface area contributed by atoms with Gasteiger partial charge in [-0.1, -0.05) is 30.7 Å². The van der Waals surface area contributed by atoms with E-state index in [0.29, 0.717) is 0 Å². The van der Waals surface area contributed by atoms with Crippen molar-refractivity contribution in [3.8, 4) is 11.3 Å². The molecule has 2 aromatic rings. The summed E-state index contributed by atoms with van der Waals surface area (Å²) < 4.78 is 5.90. The maximum Gasteiger partial charge on any atom is 0.134 e. The standard InChI is InChI=1S/C16H20ClNO/c1-4-9-18-12(3)15-7-8-16(19-15)13-6-5-11(2)14(17)10-13/h5-8,10,12,18H,4,9H2,1-3H3.